The minimum absolute atomic E-state index is 0.0697. The van der Waals surface area contributed by atoms with Gasteiger partial charge >= 0.3 is 0 Å². The highest BCUT2D eigenvalue weighted by molar-refractivity contribution is 7.92. The minimum atomic E-state index is -3.76. The molecule has 0 radical (unpaired) electrons. The second kappa shape index (κ2) is 8.71. The number of rotatable bonds is 7. The Kier molecular flexibility index (Phi) is 5.60. The molecule has 0 bridgehead atoms. The van der Waals surface area contributed by atoms with E-state index in [1.807, 2.05) is 24.3 Å². The van der Waals surface area contributed by atoms with Gasteiger partial charge in [-0.05, 0) is 60.9 Å². The van der Waals surface area contributed by atoms with Gasteiger partial charge in [0, 0.05) is 25.2 Å². The number of imidazole rings is 1. The van der Waals surface area contributed by atoms with Crippen molar-refractivity contribution in [1.29, 1.82) is 0 Å². The van der Waals surface area contributed by atoms with E-state index in [0.29, 0.717) is 18.7 Å². The highest BCUT2D eigenvalue weighted by Gasteiger charge is 2.22. The van der Waals surface area contributed by atoms with Crippen molar-refractivity contribution in [3.05, 3.63) is 84.7 Å². The normalized spacial score (nSPS) is 14.2. The summed E-state index contributed by atoms with van der Waals surface area (Å²) in [7, 11) is -3.76. The molecule has 1 aliphatic heterocycles. The van der Waals surface area contributed by atoms with E-state index in [-0.39, 0.29) is 10.8 Å². The van der Waals surface area contributed by atoms with Crippen molar-refractivity contribution in [1.82, 2.24) is 9.55 Å². The molecular formula is C25H24N4O3S. The molecule has 1 fully saturated rings. The molecule has 0 unspecified atom stereocenters. The molecule has 0 saturated carbocycles. The Balaban J connectivity index is 1.30. The van der Waals surface area contributed by atoms with Gasteiger partial charge in [-0.15, -0.1) is 0 Å². The Bertz CT molecular complexity index is 1400. The predicted molar refractivity (Wildman–Crippen MR) is 129 cm³/mol. The molecule has 7 nitrogen and oxygen atoms in total. The van der Waals surface area contributed by atoms with Crippen LogP contribution in [-0.4, -0.2) is 30.4 Å². The monoisotopic (exact) mass is 460 g/mol. The number of fused-ring (bicyclic) bond motifs is 1. The summed E-state index contributed by atoms with van der Waals surface area (Å²) >= 11 is 0. The molecule has 1 amide bonds. The quantitative estimate of drug-likeness (QED) is 0.448. The number of sulfonamides is 1. The molecule has 1 aliphatic rings. The summed E-state index contributed by atoms with van der Waals surface area (Å²) in [6.45, 7) is 1.46. The Morgan fingerprint density at radius 3 is 2.48 bits per heavy atom. The highest BCUT2D eigenvalue weighted by Crippen LogP contribution is 2.25. The molecule has 3 aromatic carbocycles. The first-order valence-electron chi connectivity index (χ1n) is 10.9. The van der Waals surface area contributed by atoms with Crippen molar-refractivity contribution in [2.75, 3.05) is 16.2 Å². The van der Waals surface area contributed by atoms with Crippen LogP contribution in [0.4, 0.5) is 11.4 Å². The van der Waals surface area contributed by atoms with Gasteiger partial charge in [0.15, 0.2) is 0 Å². The standard InChI is InChI=1S/C25H24N4O3S/c30-25-7-4-15-29(25)21-9-11-22(12-10-21)33(31,32)27-20-8-13-24-23(17-20)26-18-28(24)16-14-19-5-2-1-3-6-19/h1-3,5-6,8-13,17-18,27H,4,7,14-16H2. The molecular weight excluding hydrogens is 436 g/mol. The van der Waals surface area contributed by atoms with Gasteiger partial charge in [0.05, 0.1) is 27.9 Å². The van der Waals surface area contributed by atoms with E-state index in [1.165, 1.54) is 17.7 Å². The molecule has 5 rings (SSSR count). The van der Waals surface area contributed by atoms with Crippen LogP contribution in [0.25, 0.3) is 11.0 Å². The maximum absolute atomic E-state index is 12.9. The van der Waals surface area contributed by atoms with Gasteiger partial charge in [-0.3, -0.25) is 9.52 Å². The van der Waals surface area contributed by atoms with E-state index in [4.69, 9.17) is 0 Å². The lowest BCUT2D eigenvalue weighted by Gasteiger charge is -2.16. The summed E-state index contributed by atoms with van der Waals surface area (Å²) in [6, 6.07) is 22.0. The lowest BCUT2D eigenvalue weighted by Crippen LogP contribution is -2.23. The van der Waals surface area contributed by atoms with Crippen molar-refractivity contribution in [2.45, 2.75) is 30.7 Å². The van der Waals surface area contributed by atoms with Crippen LogP contribution in [0.3, 0.4) is 0 Å². The number of carbonyl (C=O) groups is 1. The van der Waals surface area contributed by atoms with Gasteiger partial charge in [-0.1, -0.05) is 30.3 Å². The molecule has 33 heavy (non-hydrogen) atoms. The van der Waals surface area contributed by atoms with E-state index in [1.54, 1.807) is 35.5 Å². The smallest absolute Gasteiger partial charge is 0.261 e. The number of benzene rings is 3. The molecule has 1 N–H and O–H groups in total. The third-order valence-electron chi connectivity index (χ3n) is 5.89. The van der Waals surface area contributed by atoms with Crippen LogP contribution in [-0.2, 0) is 27.8 Å². The SMILES string of the molecule is O=C1CCCN1c1ccc(S(=O)(=O)Nc2ccc3c(c2)ncn3CCc2ccccc2)cc1. The Morgan fingerprint density at radius 1 is 0.970 bits per heavy atom. The van der Waals surface area contributed by atoms with E-state index >= 15 is 0 Å². The van der Waals surface area contributed by atoms with Crippen LogP contribution < -0.4 is 9.62 Å². The van der Waals surface area contributed by atoms with Crippen LogP contribution in [0.1, 0.15) is 18.4 Å². The van der Waals surface area contributed by atoms with Crippen LogP contribution >= 0.6 is 0 Å². The van der Waals surface area contributed by atoms with Crippen LogP contribution in [0.15, 0.2) is 84.0 Å². The average Bonchev–Trinajstić information content (AvgIpc) is 3.44. The lowest BCUT2D eigenvalue weighted by atomic mass is 10.1. The number of carbonyl (C=O) groups excluding carboxylic acids is 1. The van der Waals surface area contributed by atoms with Crippen molar-refractivity contribution in [2.24, 2.45) is 0 Å². The Morgan fingerprint density at radius 2 is 1.76 bits per heavy atom. The molecule has 0 aliphatic carbocycles. The number of aryl methyl sites for hydroxylation is 2. The zero-order valence-electron chi connectivity index (χ0n) is 18.0. The minimum Gasteiger partial charge on any atom is -0.330 e. The highest BCUT2D eigenvalue weighted by atomic mass is 32.2. The average molecular weight is 461 g/mol. The first-order chi connectivity index (χ1) is 16.0. The third kappa shape index (κ3) is 4.47. The topological polar surface area (TPSA) is 84.3 Å². The predicted octanol–water partition coefficient (Wildman–Crippen LogP) is 4.21. The maximum Gasteiger partial charge on any atom is 0.261 e. The largest absolute Gasteiger partial charge is 0.330 e. The van der Waals surface area contributed by atoms with Gasteiger partial charge in [0.1, 0.15) is 0 Å². The van der Waals surface area contributed by atoms with Crippen molar-refractivity contribution >= 4 is 38.3 Å². The van der Waals surface area contributed by atoms with Crippen LogP contribution in [0.5, 0.6) is 0 Å². The summed E-state index contributed by atoms with van der Waals surface area (Å²) in [4.78, 5) is 18.2. The summed E-state index contributed by atoms with van der Waals surface area (Å²) in [5.74, 6) is 0.0697. The number of amides is 1. The zero-order valence-corrected chi connectivity index (χ0v) is 18.8. The Labute approximate surface area is 192 Å². The summed E-state index contributed by atoms with van der Waals surface area (Å²) in [5.41, 5.74) is 4.11. The second-order valence-electron chi connectivity index (χ2n) is 8.13. The fourth-order valence-electron chi connectivity index (χ4n) is 4.14. The van der Waals surface area contributed by atoms with E-state index in [9.17, 15) is 13.2 Å². The fourth-order valence-corrected chi connectivity index (χ4v) is 5.19. The second-order valence-corrected chi connectivity index (χ2v) is 9.81. The summed E-state index contributed by atoms with van der Waals surface area (Å²) in [6.07, 6.45) is 4.03. The molecule has 0 atom stereocenters. The summed E-state index contributed by atoms with van der Waals surface area (Å²) in [5, 5.41) is 0. The van der Waals surface area contributed by atoms with Crippen molar-refractivity contribution in [3.8, 4) is 0 Å². The van der Waals surface area contributed by atoms with E-state index < -0.39 is 10.0 Å². The molecule has 2 heterocycles. The number of hydrogen-bond donors (Lipinski definition) is 1. The van der Waals surface area contributed by atoms with Gasteiger partial charge in [0.25, 0.3) is 10.0 Å². The number of nitrogens with zero attached hydrogens (tertiary/aromatic N) is 3. The first-order valence-corrected chi connectivity index (χ1v) is 12.4. The van der Waals surface area contributed by atoms with E-state index in [0.717, 1.165) is 36.1 Å². The van der Waals surface area contributed by atoms with Gasteiger partial charge in [0.2, 0.25) is 5.91 Å². The number of anilines is 2. The van der Waals surface area contributed by atoms with Crippen LogP contribution in [0, 0.1) is 0 Å². The van der Waals surface area contributed by atoms with E-state index in [2.05, 4.69) is 26.4 Å². The number of nitrogens with one attached hydrogen (secondary N) is 1. The maximum atomic E-state index is 12.9. The molecule has 4 aromatic rings. The fraction of sp³-hybridized carbons (Fsp3) is 0.200. The molecule has 0 spiro atoms. The van der Waals surface area contributed by atoms with Gasteiger partial charge in [-0.25, -0.2) is 13.4 Å². The number of hydrogen-bond acceptors (Lipinski definition) is 4. The van der Waals surface area contributed by atoms with Crippen molar-refractivity contribution < 1.29 is 13.2 Å². The molecule has 168 valence electrons. The molecule has 1 saturated heterocycles. The van der Waals surface area contributed by atoms with Gasteiger partial charge < -0.3 is 9.47 Å². The zero-order chi connectivity index (χ0) is 22.8. The lowest BCUT2D eigenvalue weighted by molar-refractivity contribution is -0.117. The van der Waals surface area contributed by atoms with Crippen LogP contribution in [0.2, 0.25) is 0 Å². The summed E-state index contributed by atoms with van der Waals surface area (Å²) < 4.78 is 30.5. The first kappa shape index (κ1) is 21.2. The molecule has 8 heteroatoms. The third-order valence-corrected chi connectivity index (χ3v) is 7.29. The molecule has 1 aromatic heterocycles. The van der Waals surface area contributed by atoms with Gasteiger partial charge in [-0.2, -0.15) is 0 Å². The van der Waals surface area contributed by atoms with Crippen molar-refractivity contribution in [3.63, 3.8) is 0 Å². The Hall–Kier alpha value is -3.65. The number of aromatic nitrogens is 2.